The lowest BCUT2D eigenvalue weighted by Crippen LogP contribution is -2.67. The van der Waals surface area contributed by atoms with Crippen LogP contribution in [0.5, 0.6) is 0 Å². The van der Waals surface area contributed by atoms with Crippen molar-refractivity contribution in [1.82, 2.24) is 5.32 Å². The summed E-state index contributed by atoms with van der Waals surface area (Å²) in [5.74, 6) is 0. The molecule has 0 amide bonds. The van der Waals surface area contributed by atoms with Crippen molar-refractivity contribution < 1.29 is 0 Å². The van der Waals surface area contributed by atoms with E-state index in [2.05, 4.69) is 5.32 Å². The molecule has 2 fully saturated rings. The third kappa shape index (κ3) is 1.40. The van der Waals surface area contributed by atoms with Crippen molar-refractivity contribution >= 4 is 24.8 Å². The number of hydrogen-bond donors (Lipinski definition) is 2. The van der Waals surface area contributed by atoms with Crippen LogP contribution in [0.15, 0.2) is 0 Å². The molecule has 1 aliphatic heterocycles. The van der Waals surface area contributed by atoms with Gasteiger partial charge >= 0.3 is 0 Å². The molecule has 2 nitrogen and oxygen atoms in total. The molecule has 0 aromatic carbocycles. The van der Waals surface area contributed by atoms with E-state index in [9.17, 15) is 0 Å². The summed E-state index contributed by atoms with van der Waals surface area (Å²) in [6, 6.07) is 0.503. The van der Waals surface area contributed by atoms with Gasteiger partial charge in [0.2, 0.25) is 0 Å². The molecule has 0 unspecified atom stereocenters. The molecular weight excluding hydrogens is 171 g/mol. The number of nitrogens with two attached hydrogens (primary N) is 1. The van der Waals surface area contributed by atoms with Crippen LogP contribution in [0.25, 0.3) is 0 Å². The lowest BCUT2D eigenvalue weighted by molar-refractivity contribution is 0.0793. The Labute approximate surface area is 73.7 Å². The molecule has 1 saturated carbocycles. The molecule has 1 spiro atoms. The molecule has 0 bridgehead atoms. The molecule has 3 N–H and O–H groups in total. The fourth-order valence-electron chi connectivity index (χ4n) is 1.77. The maximum atomic E-state index is 5.62. The molecule has 0 atom stereocenters. The lowest BCUT2D eigenvalue weighted by Gasteiger charge is -2.53. The maximum absolute atomic E-state index is 5.62. The van der Waals surface area contributed by atoms with E-state index in [0.29, 0.717) is 11.6 Å². The van der Waals surface area contributed by atoms with Gasteiger partial charge in [-0.25, -0.2) is 0 Å². The second-order valence-electron chi connectivity index (χ2n) is 3.13. The zero-order valence-corrected chi connectivity index (χ0v) is 7.43. The Morgan fingerprint density at radius 3 is 1.90 bits per heavy atom. The second kappa shape index (κ2) is 3.26. The molecule has 1 aliphatic carbocycles. The molecule has 62 valence electrons. The zero-order valence-electron chi connectivity index (χ0n) is 5.80. The molecular formula is C6H14Cl2N2. The van der Waals surface area contributed by atoms with E-state index in [1.165, 1.54) is 25.8 Å². The Morgan fingerprint density at radius 2 is 1.80 bits per heavy atom. The number of halogens is 2. The van der Waals surface area contributed by atoms with Crippen LogP contribution >= 0.6 is 24.8 Å². The highest BCUT2D eigenvalue weighted by atomic mass is 35.5. The first-order chi connectivity index (χ1) is 3.81. The minimum absolute atomic E-state index is 0. The number of hydrogen-bond acceptors (Lipinski definition) is 2. The summed E-state index contributed by atoms with van der Waals surface area (Å²) >= 11 is 0. The van der Waals surface area contributed by atoms with Gasteiger partial charge in [-0.05, 0) is 25.8 Å². The van der Waals surface area contributed by atoms with Gasteiger partial charge in [-0.1, -0.05) is 0 Å². The fourth-order valence-corrected chi connectivity index (χ4v) is 1.77. The quantitative estimate of drug-likeness (QED) is 0.582. The van der Waals surface area contributed by atoms with Crippen LogP contribution in [0.1, 0.15) is 19.3 Å². The molecule has 0 aromatic heterocycles. The predicted octanol–water partition coefficient (Wildman–Crippen LogP) is 0.683. The van der Waals surface area contributed by atoms with Crippen LogP contribution in [0.4, 0.5) is 0 Å². The summed E-state index contributed by atoms with van der Waals surface area (Å²) in [4.78, 5) is 0. The van der Waals surface area contributed by atoms with E-state index < -0.39 is 0 Å². The van der Waals surface area contributed by atoms with Crippen molar-refractivity contribution in [2.45, 2.75) is 30.8 Å². The maximum Gasteiger partial charge on any atom is 0.0223 e. The normalized spacial score (nSPS) is 42.3. The van der Waals surface area contributed by atoms with E-state index in [1.807, 2.05) is 0 Å². The van der Waals surface area contributed by atoms with Gasteiger partial charge in [-0.15, -0.1) is 24.8 Å². The van der Waals surface area contributed by atoms with Gasteiger partial charge in [-0.2, -0.15) is 0 Å². The third-order valence-electron chi connectivity index (χ3n) is 2.41. The Bertz CT molecular complexity index is 106. The van der Waals surface area contributed by atoms with Gasteiger partial charge in [0.1, 0.15) is 0 Å². The molecule has 0 radical (unpaired) electrons. The third-order valence-corrected chi connectivity index (χ3v) is 2.41. The predicted molar refractivity (Wildman–Crippen MR) is 47.1 cm³/mol. The SMILES string of the molecule is Cl.Cl.NC1CC2(CCN2)C1. The van der Waals surface area contributed by atoms with Crippen LogP contribution in [0.3, 0.4) is 0 Å². The van der Waals surface area contributed by atoms with Crippen molar-refractivity contribution in [2.75, 3.05) is 6.54 Å². The van der Waals surface area contributed by atoms with Crippen LogP contribution < -0.4 is 11.1 Å². The highest BCUT2D eigenvalue weighted by Crippen LogP contribution is 2.38. The highest BCUT2D eigenvalue weighted by molar-refractivity contribution is 5.85. The van der Waals surface area contributed by atoms with Crippen LogP contribution in [0, 0.1) is 0 Å². The van der Waals surface area contributed by atoms with Crippen LogP contribution in [-0.4, -0.2) is 18.1 Å². The number of rotatable bonds is 0. The van der Waals surface area contributed by atoms with Gasteiger partial charge in [0, 0.05) is 11.6 Å². The van der Waals surface area contributed by atoms with Gasteiger partial charge in [-0.3, -0.25) is 0 Å². The van der Waals surface area contributed by atoms with E-state index in [0.717, 1.165) is 0 Å². The Hall–Kier alpha value is 0.500. The average molecular weight is 185 g/mol. The first-order valence-electron chi connectivity index (χ1n) is 3.31. The molecule has 1 saturated heterocycles. The zero-order chi connectivity index (χ0) is 5.61. The van der Waals surface area contributed by atoms with Crippen molar-refractivity contribution in [3.8, 4) is 0 Å². The topological polar surface area (TPSA) is 38.0 Å². The summed E-state index contributed by atoms with van der Waals surface area (Å²) in [6.45, 7) is 1.21. The minimum atomic E-state index is 0. The molecule has 0 aromatic rings. The number of nitrogens with one attached hydrogen (secondary N) is 1. The monoisotopic (exact) mass is 184 g/mol. The van der Waals surface area contributed by atoms with Gasteiger partial charge in [0.05, 0.1) is 0 Å². The van der Waals surface area contributed by atoms with Gasteiger partial charge in [0.15, 0.2) is 0 Å². The van der Waals surface area contributed by atoms with E-state index in [-0.39, 0.29) is 24.8 Å². The summed E-state index contributed by atoms with van der Waals surface area (Å²) in [7, 11) is 0. The summed E-state index contributed by atoms with van der Waals surface area (Å²) in [5.41, 5.74) is 6.16. The largest absolute Gasteiger partial charge is 0.328 e. The highest BCUT2D eigenvalue weighted by Gasteiger charge is 2.46. The Balaban J connectivity index is 0.000000405. The minimum Gasteiger partial charge on any atom is -0.328 e. The standard InChI is InChI=1S/C6H12N2.2ClH/c7-5-3-6(4-5)1-2-8-6;;/h5,8H,1-4,7H2;2*1H. The van der Waals surface area contributed by atoms with Crippen LogP contribution in [0.2, 0.25) is 0 Å². The van der Waals surface area contributed by atoms with Crippen molar-refractivity contribution in [2.24, 2.45) is 5.73 Å². The summed E-state index contributed by atoms with van der Waals surface area (Å²) in [5, 5.41) is 3.41. The molecule has 10 heavy (non-hydrogen) atoms. The van der Waals surface area contributed by atoms with E-state index >= 15 is 0 Å². The van der Waals surface area contributed by atoms with Gasteiger partial charge < -0.3 is 11.1 Å². The second-order valence-corrected chi connectivity index (χ2v) is 3.13. The van der Waals surface area contributed by atoms with Crippen molar-refractivity contribution in [3.05, 3.63) is 0 Å². The average Bonchev–Trinajstić information content (AvgIpc) is 1.51. The Morgan fingerprint density at radius 1 is 1.30 bits per heavy atom. The van der Waals surface area contributed by atoms with Crippen molar-refractivity contribution in [1.29, 1.82) is 0 Å². The molecule has 4 heteroatoms. The lowest BCUT2D eigenvalue weighted by atomic mass is 9.67. The van der Waals surface area contributed by atoms with E-state index in [4.69, 9.17) is 5.73 Å². The summed E-state index contributed by atoms with van der Waals surface area (Å²) < 4.78 is 0. The smallest absolute Gasteiger partial charge is 0.0223 e. The summed E-state index contributed by atoms with van der Waals surface area (Å²) in [6.07, 6.45) is 3.79. The molecule has 2 aliphatic rings. The molecule has 1 heterocycles. The van der Waals surface area contributed by atoms with E-state index in [1.54, 1.807) is 0 Å². The Kier molecular flexibility index (Phi) is 3.43. The fraction of sp³-hybridized carbons (Fsp3) is 1.00. The van der Waals surface area contributed by atoms with Crippen molar-refractivity contribution in [3.63, 3.8) is 0 Å². The first-order valence-corrected chi connectivity index (χ1v) is 3.31. The first kappa shape index (κ1) is 10.5. The van der Waals surface area contributed by atoms with Crippen LogP contribution in [-0.2, 0) is 0 Å². The van der Waals surface area contributed by atoms with Gasteiger partial charge in [0.25, 0.3) is 0 Å². The molecule has 2 rings (SSSR count).